The summed E-state index contributed by atoms with van der Waals surface area (Å²) in [4.78, 5) is 14.3. The van der Waals surface area contributed by atoms with Gasteiger partial charge in [-0.1, -0.05) is 30.3 Å². The molecule has 1 amide bonds. The van der Waals surface area contributed by atoms with Crippen LogP contribution in [0.5, 0.6) is 11.5 Å². The molecule has 1 atom stereocenters. The number of amides is 1. The lowest BCUT2D eigenvalue weighted by Crippen LogP contribution is -2.34. The summed E-state index contributed by atoms with van der Waals surface area (Å²) < 4.78 is 11.1. The first-order chi connectivity index (χ1) is 13.1. The van der Waals surface area contributed by atoms with Gasteiger partial charge in [-0.25, -0.2) is 0 Å². The smallest absolute Gasteiger partial charge is 0.220 e. The molecular formula is C22H30N2O3. The first kappa shape index (κ1) is 20.8. The second-order valence-electron chi connectivity index (χ2n) is 6.55. The highest BCUT2D eigenvalue weighted by molar-refractivity contribution is 5.75. The quantitative estimate of drug-likeness (QED) is 0.613. The van der Waals surface area contributed by atoms with E-state index in [-0.39, 0.29) is 11.9 Å². The topological polar surface area (TPSA) is 50.8 Å². The number of likely N-dealkylation sites (N-methyl/N-ethyl adjacent to an activating group) is 1. The minimum atomic E-state index is 0.0458. The van der Waals surface area contributed by atoms with Crippen molar-refractivity contribution in [1.29, 1.82) is 0 Å². The Balaban J connectivity index is 1.75. The molecule has 2 aromatic carbocycles. The minimum absolute atomic E-state index is 0.0458. The number of hydrogen-bond acceptors (Lipinski definition) is 4. The van der Waals surface area contributed by atoms with E-state index in [1.54, 1.807) is 0 Å². The second-order valence-corrected chi connectivity index (χ2v) is 6.55. The monoisotopic (exact) mass is 370 g/mol. The van der Waals surface area contributed by atoms with Gasteiger partial charge in [0.1, 0.15) is 11.5 Å². The molecule has 146 valence electrons. The largest absolute Gasteiger partial charge is 0.494 e. The van der Waals surface area contributed by atoms with Crippen LogP contribution in [0.15, 0.2) is 54.6 Å². The van der Waals surface area contributed by atoms with Crippen LogP contribution in [0.2, 0.25) is 0 Å². The Morgan fingerprint density at radius 2 is 1.67 bits per heavy atom. The van der Waals surface area contributed by atoms with Crippen LogP contribution in [0.25, 0.3) is 0 Å². The van der Waals surface area contributed by atoms with Crippen LogP contribution in [0, 0.1) is 0 Å². The van der Waals surface area contributed by atoms with Gasteiger partial charge in [0.2, 0.25) is 5.91 Å². The fraction of sp³-hybridized carbons (Fsp3) is 0.409. The van der Waals surface area contributed by atoms with Crippen LogP contribution in [-0.2, 0) is 4.79 Å². The van der Waals surface area contributed by atoms with Crippen molar-refractivity contribution in [3.05, 3.63) is 60.2 Å². The maximum atomic E-state index is 12.1. The van der Waals surface area contributed by atoms with Crippen LogP contribution >= 0.6 is 0 Å². The van der Waals surface area contributed by atoms with E-state index in [9.17, 15) is 4.79 Å². The van der Waals surface area contributed by atoms with Crippen molar-refractivity contribution in [3.63, 3.8) is 0 Å². The summed E-state index contributed by atoms with van der Waals surface area (Å²) >= 11 is 0. The normalized spacial score (nSPS) is 11.9. The molecule has 2 aromatic rings. The van der Waals surface area contributed by atoms with Gasteiger partial charge in [-0.3, -0.25) is 4.79 Å². The third-order valence-electron chi connectivity index (χ3n) is 4.25. The summed E-state index contributed by atoms with van der Waals surface area (Å²) in [6, 6.07) is 17.8. The average Bonchev–Trinajstić information content (AvgIpc) is 2.67. The van der Waals surface area contributed by atoms with E-state index in [0.717, 1.165) is 17.1 Å². The highest BCUT2D eigenvalue weighted by atomic mass is 16.5. The lowest BCUT2D eigenvalue weighted by Gasteiger charge is -2.25. The van der Waals surface area contributed by atoms with E-state index in [1.807, 2.05) is 63.5 Å². The number of hydrogen-bond donors (Lipinski definition) is 1. The number of para-hydroxylation sites is 1. The molecule has 1 N–H and O–H groups in total. The van der Waals surface area contributed by atoms with E-state index in [1.165, 1.54) is 0 Å². The van der Waals surface area contributed by atoms with Crippen molar-refractivity contribution in [1.82, 2.24) is 10.2 Å². The third-order valence-corrected chi connectivity index (χ3v) is 4.25. The van der Waals surface area contributed by atoms with E-state index >= 15 is 0 Å². The standard InChI is InChI=1S/C22H30N2O3/c1-4-26-20-14-12-18(13-15-20)21(24(2)3)17-23-22(25)11-8-16-27-19-9-6-5-7-10-19/h5-7,9-10,12-15,21H,4,8,11,16-17H2,1-3H3,(H,23,25). The Morgan fingerprint density at radius 3 is 2.30 bits per heavy atom. The first-order valence-electron chi connectivity index (χ1n) is 9.44. The number of nitrogens with zero attached hydrogens (tertiary/aromatic N) is 1. The van der Waals surface area contributed by atoms with E-state index < -0.39 is 0 Å². The summed E-state index contributed by atoms with van der Waals surface area (Å²) in [5.74, 6) is 1.74. The van der Waals surface area contributed by atoms with Gasteiger partial charge in [-0.15, -0.1) is 0 Å². The average molecular weight is 370 g/mol. The molecule has 0 spiro atoms. The zero-order valence-electron chi connectivity index (χ0n) is 16.5. The zero-order valence-corrected chi connectivity index (χ0v) is 16.5. The Morgan fingerprint density at radius 1 is 1.00 bits per heavy atom. The number of carbonyl (C=O) groups is 1. The fourth-order valence-corrected chi connectivity index (χ4v) is 2.79. The highest BCUT2D eigenvalue weighted by Gasteiger charge is 2.15. The number of benzene rings is 2. The van der Waals surface area contributed by atoms with Gasteiger partial charge in [-0.05, 0) is 57.3 Å². The van der Waals surface area contributed by atoms with Gasteiger partial charge < -0.3 is 19.7 Å². The Hall–Kier alpha value is -2.53. The lowest BCUT2D eigenvalue weighted by molar-refractivity contribution is -0.121. The number of ether oxygens (including phenoxy) is 2. The van der Waals surface area contributed by atoms with Gasteiger partial charge in [0.05, 0.1) is 19.3 Å². The maximum absolute atomic E-state index is 12.1. The number of carbonyl (C=O) groups excluding carboxylic acids is 1. The Kier molecular flexibility index (Phi) is 8.65. The highest BCUT2D eigenvalue weighted by Crippen LogP contribution is 2.21. The third kappa shape index (κ3) is 7.31. The Labute approximate surface area is 162 Å². The molecule has 0 aliphatic heterocycles. The van der Waals surface area contributed by atoms with Crippen molar-refractivity contribution < 1.29 is 14.3 Å². The number of rotatable bonds is 11. The molecule has 0 aliphatic carbocycles. The predicted molar refractivity (Wildman–Crippen MR) is 108 cm³/mol. The molecule has 0 bridgehead atoms. The molecule has 0 heterocycles. The molecule has 0 aromatic heterocycles. The van der Waals surface area contributed by atoms with Gasteiger partial charge in [0, 0.05) is 13.0 Å². The minimum Gasteiger partial charge on any atom is -0.494 e. The first-order valence-corrected chi connectivity index (χ1v) is 9.44. The summed E-state index contributed by atoms with van der Waals surface area (Å²) in [6.07, 6.45) is 1.15. The summed E-state index contributed by atoms with van der Waals surface area (Å²) in [7, 11) is 4.03. The van der Waals surface area contributed by atoms with Crippen molar-refractivity contribution in [3.8, 4) is 11.5 Å². The van der Waals surface area contributed by atoms with Gasteiger partial charge in [0.15, 0.2) is 0 Å². The summed E-state index contributed by atoms with van der Waals surface area (Å²) in [6.45, 7) is 3.73. The van der Waals surface area contributed by atoms with Gasteiger partial charge >= 0.3 is 0 Å². The van der Waals surface area contributed by atoms with Crippen molar-refractivity contribution in [2.75, 3.05) is 33.9 Å². The fourth-order valence-electron chi connectivity index (χ4n) is 2.79. The summed E-state index contributed by atoms with van der Waals surface area (Å²) in [5, 5.41) is 3.03. The van der Waals surface area contributed by atoms with E-state index in [2.05, 4.69) is 22.3 Å². The molecule has 0 fully saturated rings. The van der Waals surface area contributed by atoms with E-state index in [4.69, 9.17) is 9.47 Å². The van der Waals surface area contributed by atoms with Crippen molar-refractivity contribution in [2.24, 2.45) is 0 Å². The van der Waals surface area contributed by atoms with Crippen LogP contribution in [0.1, 0.15) is 31.4 Å². The SMILES string of the molecule is CCOc1ccc(C(CNC(=O)CCCOc2ccccc2)N(C)C)cc1. The number of nitrogens with one attached hydrogen (secondary N) is 1. The molecule has 0 aliphatic rings. The lowest BCUT2D eigenvalue weighted by atomic mass is 10.1. The molecule has 0 saturated carbocycles. The molecule has 5 nitrogen and oxygen atoms in total. The van der Waals surface area contributed by atoms with Crippen LogP contribution < -0.4 is 14.8 Å². The van der Waals surface area contributed by atoms with Crippen molar-refractivity contribution in [2.45, 2.75) is 25.8 Å². The molecular weight excluding hydrogens is 340 g/mol. The molecule has 0 radical (unpaired) electrons. The van der Waals surface area contributed by atoms with Crippen LogP contribution in [0.4, 0.5) is 0 Å². The van der Waals surface area contributed by atoms with Gasteiger partial charge in [-0.2, -0.15) is 0 Å². The maximum Gasteiger partial charge on any atom is 0.220 e. The molecule has 1 unspecified atom stereocenters. The Bertz CT molecular complexity index is 672. The second kappa shape index (κ2) is 11.2. The zero-order chi connectivity index (χ0) is 19.5. The predicted octanol–water partition coefficient (Wildman–Crippen LogP) is 3.66. The molecule has 5 heteroatoms. The van der Waals surface area contributed by atoms with Crippen molar-refractivity contribution >= 4 is 5.91 Å². The summed E-state index contributed by atoms with van der Waals surface area (Å²) in [5.41, 5.74) is 1.15. The van der Waals surface area contributed by atoms with E-state index in [0.29, 0.717) is 32.6 Å². The van der Waals surface area contributed by atoms with Crippen LogP contribution in [0.3, 0.4) is 0 Å². The van der Waals surface area contributed by atoms with Gasteiger partial charge in [0.25, 0.3) is 0 Å². The molecule has 27 heavy (non-hydrogen) atoms. The molecule has 2 rings (SSSR count). The van der Waals surface area contributed by atoms with Crippen LogP contribution in [-0.4, -0.2) is 44.7 Å². The molecule has 0 saturated heterocycles.